The SMILES string of the molecule is C=C1CC[C@@H]2O[C@]2(C)CC[C@]2(COC)[C@@H]1CC2(C)C. The molecule has 0 N–H and O–H groups in total. The molecule has 3 aliphatic rings. The monoisotopic (exact) mass is 264 g/mol. The van der Waals surface area contributed by atoms with E-state index in [9.17, 15) is 0 Å². The summed E-state index contributed by atoms with van der Waals surface area (Å²) in [5.41, 5.74) is 2.22. The number of fused-ring (bicyclic) bond motifs is 2. The van der Waals surface area contributed by atoms with Crippen LogP contribution in [-0.4, -0.2) is 25.4 Å². The largest absolute Gasteiger partial charge is 0.384 e. The highest BCUT2D eigenvalue weighted by Gasteiger charge is 2.63. The van der Waals surface area contributed by atoms with Crippen LogP contribution >= 0.6 is 0 Å². The van der Waals surface area contributed by atoms with Crippen molar-refractivity contribution in [3.63, 3.8) is 0 Å². The Bertz CT molecular complexity index is 400. The first kappa shape index (κ1) is 13.6. The summed E-state index contributed by atoms with van der Waals surface area (Å²) < 4.78 is 11.6. The van der Waals surface area contributed by atoms with Crippen LogP contribution < -0.4 is 0 Å². The molecule has 0 amide bonds. The van der Waals surface area contributed by atoms with Crippen molar-refractivity contribution in [1.29, 1.82) is 0 Å². The van der Waals surface area contributed by atoms with E-state index < -0.39 is 0 Å². The lowest BCUT2D eigenvalue weighted by molar-refractivity contribution is -0.153. The Morgan fingerprint density at radius 1 is 1.32 bits per heavy atom. The molecule has 0 aromatic rings. The summed E-state index contributed by atoms with van der Waals surface area (Å²) in [5, 5.41) is 0. The Hall–Kier alpha value is -0.340. The van der Waals surface area contributed by atoms with Gasteiger partial charge in [0.05, 0.1) is 18.3 Å². The van der Waals surface area contributed by atoms with Gasteiger partial charge in [-0.2, -0.15) is 0 Å². The second kappa shape index (κ2) is 4.08. The molecule has 0 aromatic carbocycles. The average molecular weight is 264 g/mol. The average Bonchev–Trinajstić information content (AvgIpc) is 2.99. The van der Waals surface area contributed by atoms with E-state index in [2.05, 4.69) is 27.4 Å². The molecule has 0 spiro atoms. The number of allylic oxidation sites excluding steroid dienone is 1. The molecule has 108 valence electrons. The van der Waals surface area contributed by atoms with Crippen LogP contribution in [0.15, 0.2) is 12.2 Å². The number of methoxy groups -OCH3 is 1. The molecular weight excluding hydrogens is 236 g/mol. The molecule has 19 heavy (non-hydrogen) atoms. The fraction of sp³-hybridized carbons (Fsp3) is 0.882. The molecule has 0 aromatic heterocycles. The molecule has 3 rings (SSSR count). The van der Waals surface area contributed by atoms with Gasteiger partial charge in [-0.15, -0.1) is 0 Å². The van der Waals surface area contributed by atoms with Gasteiger partial charge in [0.1, 0.15) is 0 Å². The zero-order chi connectivity index (χ0) is 13.9. The van der Waals surface area contributed by atoms with Crippen LogP contribution in [0.5, 0.6) is 0 Å². The van der Waals surface area contributed by atoms with Crippen LogP contribution in [0.25, 0.3) is 0 Å². The Morgan fingerprint density at radius 2 is 2.05 bits per heavy atom. The molecule has 0 bridgehead atoms. The van der Waals surface area contributed by atoms with Crippen LogP contribution in [-0.2, 0) is 9.47 Å². The normalized spacial score (nSPS) is 48.1. The smallest absolute Gasteiger partial charge is 0.0920 e. The first-order valence-corrected chi connectivity index (χ1v) is 7.69. The van der Waals surface area contributed by atoms with Gasteiger partial charge in [0, 0.05) is 12.5 Å². The van der Waals surface area contributed by atoms with Crippen molar-refractivity contribution in [2.45, 2.75) is 64.6 Å². The van der Waals surface area contributed by atoms with Crippen molar-refractivity contribution in [3.05, 3.63) is 12.2 Å². The summed E-state index contributed by atoms with van der Waals surface area (Å²) in [5.74, 6) is 0.656. The van der Waals surface area contributed by atoms with Gasteiger partial charge in [0.15, 0.2) is 0 Å². The van der Waals surface area contributed by atoms with E-state index in [-0.39, 0.29) is 11.0 Å². The maximum Gasteiger partial charge on any atom is 0.0920 e. The molecule has 4 atom stereocenters. The first-order chi connectivity index (χ1) is 8.85. The van der Waals surface area contributed by atoms with E-state index in [4.69, 9.17) is 9.47 Å². The Kier molecular flexibility index (Phi) is 2.93. The minimum Gasteiger partial charge on any atom is -0.384 e. The lowest BCUT2D eigenvalue weighted by Gasteiger charge is -2.63. The van der Waals surface area contributed by atoms with Crippen LogP contribution in [0.3, 0.4) is 0 Å². The van der Waals surface area contributed by atoms with Crippen LogP contribution in [0.4, 0.5) is 0 Å². The Labute approximate surface area is 117 Å². The van der Waals surface area contributed by atoms with E-state index in [0.29, 0.717) is 17.4 Å². The highest BCUT2D eigenvalue weighted by molar-refractivity contribution is 5.22. The third-order valence-corrected chi connectivity index (χ3v) is 6.45. The predicted octanol–water partition coefficient (Wildman–Crippen LogP) is 3.95. The number of epoxide rings is 1. The van der Waals surface area contributed by atoms with Crippen molar-refractivity contribution in [3.8, 4) is 0 Å². The molecule has 1 saturated heterocycles. The molecule has 3 fully saturated rings. The third kappa shape index (κ3) is 1.83. The Balaban J connectivity index is 1.89. The fourth-order valence-electron chi connectivity index (χ4n) is 4.76. The summed E-state index contributed by atoms with van der Waals surface area (Å²) in [6.45, 7) is 12.4. The van der Waals surface area contributed by atoms with Crippen LogP contribution in [0, 0.1) is 16.7 Å². The van der Waals surface area contributed by atoms with Gasteiger partial charge < -0.3 is 9.47 Å². The van der Waals surface area contributed by atoms with Gasteiger partial charge in [0.2, 0.25) is 0 Å². The summed E-state index contributed by atoms with van der Waals surface area (Å²) >= 11 is 0. The fourth-order valence-corrected chi connectivity index (χ4v) is 4.76. The zero-order valence-electron chi connectivity index (χ0n) is 12.9. The standard InChI is InChI=1S/C17H28O2/c1-12-6-7-14-16(4,19-14)8-9-17(11-18-5)13(12)10-15(17,2)3/h13-14H,1,6-11H2,2-5H3/t13-,14+,16-,17+/m1/s1. The summed E-state index contributed by atoms with van der Waals surface area (Å²) in [7, 11) is 1.84. The molecule has 2 heteroatoms. The van der Waals surface area contributed by atoms with Gasteiger partial charge in [-0.05, 0) is 50.4 Å². The zero-order valence-corrected chi connectivity index (χ0v) is 12.9. The Morgan fingerprint density at radius 3 is 2.68 bits per heavy atom. The molecule has 2 saturated carbocycles. The lowest BCUT2D eigenvalue weighted by atomic mass is 9.42. The lowest BCUT2D eigenvalue weighted by Crippen LogP contribution is -2.58. The topological polar surface area (TPSA) is 21.8 Å². The molecule has 1 heterocycles. The van der Waals surface area contributed by atoms with Crippen molar-refractivity contribution < 1.29 is 9.47 Å². The predicted molar refractivity (Wildman–Crippen MR) is 77.1 cm³/mol. The highest BCUT2D eigenvalue weighted by atomic mass is 16.6. The van der Waals surface area contributed by atoms with Crippen molar-refractivity contribution in [2.75, 3.05) is 13.7 Å². The van der Waals surface area contributed by atoms with Crippen LogP contribution in [0.2, 0.25) is 0 Å². The minimum atomic E-state index is 0.140. The second-order valence-corrected chi connectivity index (χ2v) is 7.85. The number of hydrogen-bond acceptors (Lipinski definition) is 2. The maximum absolute atomic E-state index is 5.95. The maximum atomic E-state index is 5.95. The van der Waals surface area contributed by atoms with E-state index in [1.165, 1.54) is 24.8 Å². The second-order valence-electron chi connectivity index (χ2n) is 7.85. The quantitative estimate of drug-likeness (QED) is 0.556. The van der Waals surface area contributed by atoms with Gasteiger partial charge in [-0.3, -0.25) is 0 Å². The minimum absolute atomic E-state index is 0.140. The molecule has 2 aliphatic carbocycles. The number of rotatable bonds is 2. The molecule has 1 aliphatic heterocycles. The summed E-state index contributed by atoms with van der Waals surface area (Å²) in [6.07, 6.45) is 6.43. The van der Waals surface area contributed by atoms with Gasteiger partial charge >= 0.3 is 0 Å². The third-order valence-electron chi connectivity index (χ3n) is 6.45. The van der Waals surface area contributed by atoms with Gasteiger partial charge in [-0.25, -0.2) is 0 Å². The number of hydrogen-bond donors (Lipinski definition) is 0. The highest BCUT2D eigenvalue weighted by Crippen LogP contribution is 2.67. The van der Waals surface area contributed by atoms with Crippen molar-refractivity contribution >= 4 is 0 Å². The van der Waals surface area contributed by atoms with E-state index in [0.717, 1.165) is 19.4 Å². The van der Waals surface area contributed by atoms with Gasteiger partial charge in [-0.1, -0.05) is 26.0 Å². The first-order valence-electron chi connectivity index (χ1n) is 7.69. The van der Waals surface area contributed by atoms with Crippen LogP contribution in [0.1, 0.15) is 52.9 Å². The summed E-state index contributed by atoms with van der Waals surface area (Å²) in [6, 6.07) is 0. The molecule has 2 nitrogen and oxygen atoms in total. The van der Waals surface area contributed by atoms with Crippen molar-refractivity contribution in [2.24, 2.45) is 16.7 Å². The molecule has 0 unspecified atom stereocenters. The van der Waals surface area contributed by atoms with E-state index >= 15 is 0 Å². The van der Waals surface area contributed by atoms with E-state index in [1.807, 2.05) is 7.11 Å². The van der Waals surface area contributed by atoms with Crippen molar-refractivity contribution in [1.82, 2.24) is 0 Å². The van der Waals surface area contributed by atoms with Gasteiger partial charge in [0.25, 0.3) is 0 Å². The van der Waals surface area contributed by atoms with E-state index in [1.54, 1.807) is 0 Å². The number of ether oxygens (including phenoxy) is 2. The molecule has 0 radical (unpaired) electrons. The summed E-state index contributed by atoms with van der Waals surface area (Å²) in [4.78, 5) is 0. The molecular formula is C17H28O2.